The fraction of sp³-hybridized carbons (Fsp3) is 0.308. The number of fused-ring (bicyclic) bond motifs is 1. The van der Waals surface area contributed by atoms with E-state index >= 15 is 0 Å². The number of aromatic nitrogens is 1. The van der Waals surface area contributed by atoms with Gasteiger partial charge in [-0.2, -0.15) is 0 Å². The lowest BCUT2D eigenvalue weighted by molar-refractivity contribution is 0.171. The predicted molar refractivity (Wildman–Crippen MR) is 63.5 cm³/mol. The summed E-state index contributed by atoms with van der Waals surface area (Å²) in [5.41, 5.74) is 1.60. The summed E-state index contributed by atoms with van der Waals surface area (Å²) in [5.74, 6) is 0.695. The van der Waals surface area contributed by atoms with Crippen molar-refractivity contribution < 1.29 is 9.84 Å². The maximum absolute atomic E-state index is 10.0. The molecular formula is C13H15NO2. The Bertz CT molecular complexity index is 496. The SMILES string of the molecule is CC[C@@H](O)c1c(OC)ccc2cccnc12. The molecule has 3 nitrogen and oxygen atoms in total. The first-order valence-corrected chi connectivity index (χ1v) is 5.37. The lowest BCUT2D eigenvalue weighted by Gasteiger charge is -2.15. The molecule has 0 spiro atoms. The van der Waals surface area contributed by atoms with Crippen LogP contribution in [0.1, 0.15) is 25.0 Å². The van der Waals surface area contributed by atoms with E-state index < -0.39 is 6.10 Å². The van der Waals surface area contributed by atoms with Crippen LogP contribution in [0.4, 0.5) is 0 Å². The van der Waals surface area contributed by atoms with E-state index in [0.29, 0.717) is 12.2 Å². The molecule has 0 unspecified atom stereocenters. The monoisotopic (exact) mass is 217 g/mol. The zero-order chi connectivity index (χ0) is 11.5. The number of benzene rings is 1. The quantitative estimate of drug-likeness (QED) is 0.859. The van der Waals surface area contributed by atoms with Crippen LogP contribution in [0, 0.1) is 0 Å². The van der Waals surface area contributed by atoms with Gasteiger partial charge in [0.2, 0.25) is 0 Å². The predicted octanol–water partition coefficient (Wildman–Crippen LogP) is 2.69. The normalized spacial score (nSPS) is 12.7. The van der Waals surface area contributed by atoms with E-state index in [4.69, 9.17) is 4.74 Å². The average molecular weight is 217 g/mol. The Kier molecular flexibility index (Phi) is 3.06. The maximum Gasteiger partial charge on any atom is 0.126 e. The van der Waals surface area contributed by atoms with Crippen LogP contribution in [0.3, 0.4) is 0 Å². The number of nitrogens with zero attached hydrogens (tertiary/aromatic N) is 1. The van der Waals surface area contributed by atoms with Gasteiger partial charge in [0.05, 0.1) is 18.7 Å². The van der Waals surface area contributed by atoms with Crippen LogP contribution >= 0.6 is 0 Å². The summed E-state index contributed by atoms with van der Waals surface area (Å²) < 4.78 is 5.28. The molecule has 0 amide bonds. The molecule has 0 bridgehead atoms. The van der Waals surface area contributed by atoms with E-state index in [-0.39, 0.29) is 0 Å². The Morgan fingerprint density at radius 2 is 2.19 bits per heavy atom. The van der Waals surface area contributed by atoms with Gasteiger partial charge in [0.25, 0.3) is 0 Å². The fourth-order valence-electron chi connectivity index (χ4n) is 1.85. The Balaban J connectivity index is 2.72. The van der Waals surface area contributed by atoms with Crippen LogP contribution in [0.25, 0.3) is 10.9 Å². The first-order chi connectivity index (χ1) is 7.77. The summed E-state index contributed by atoms with van der Waals surface area (Å²) in [5, 5.41) is 11.0. The first kappa shape index (κ1) is 10.9. The van der Waals surface area contributed by atoms with E-state index in [1.165, 1.54) is 0 Å². The van der Waals surface area contributed by atoms with Crippen LogP contribution in [0.2, 0.25) is 0 Å². The van der Waals surface area contributed by atoms with Gasteiger partial charge in [-0.3, -0.25) is 4.98 Å². The van der Waals surface area contributed by atoms with E-state index in [1.54, 1.807) is 13.3 Å². The highest BCUT2D eigenvalue weighted by atomic mass is 16.5. The molecule has 1 aromatic heterocycles. The molecule has 0 fully saturated rings. The molecule has 0 aliphatic heterocycles. The molecule has 1 aromatic carbocycles. The van der Waals surface area contributed by atoms with E-state index in [9.17, 15) is 5.11 Å². The number of aliphatic hydroxyl groups is 1. The lowest BCUT2D eigenvalue weighted by atomic mass is 10.0. The molecule has 2 aromatic rings. The van der Waals surface area contributed by atoms with Crippen LogP contribution < -0.4 is 4.74 Å². The standard InChI is InChI=1S/C13H15NO2/c1-3-10(15)12-11(16-2)7-6-9-5-4-8-14-13(9)12/h4-8,10,15H,3H2,1-2H3/t10-/m1/s1. The molecule has 0 aliphatic rings. The highest BCUT2D eigenvalue weighted by Crippen LogP contribution is 2.32. The molecule has 3 heteroatoms. The van der Waals surface area contributed by atoms with Gasteiger partial charge in [-0.1, -0.05) is 13.0 Å². The van der Waals surface area contributed by atoms with Gasteiger partial charge in [0.1, 0.15) is 5.75 Å². The molecular weight excluding hydrogens is 202 g/mol. The van der Waals surface area contributed by atoms with E-state index in [2.05, 4.69) is 4.98 Å². The lowest BCUT2D eigenvalue weighted by Crippen LogP contribution is -2.01. The molecule has 84 valence electrons. The highest BCUT2D eigenvalue weighted by molar-refractivity contribution is 5.84. The number of aliphatic hydroxyl groups excluding tert-OH is 1. The van der Waals surface area contributed by atoms with Crippen LogP contribution in [-0.4, -0.2) is 17.2 Å². The molecule has 0 aliphatic carbocycles. The van der Waals surface area contributed by atoms with Gasteiger partial charge in [-0.25, -0.2) is 0 Å². The molecule has 1 heterocycles. The third kappa shape index (κ3) is 1.74. The second-order valence-corrected chi connectivity index (χ2v) is 3.68. The number of ether oxygens (including phenoxy) is 1. The first-order valence-electron chi connectivity index (χ1n) is 5.37. The van der Waals surface area contributed by atoms with Crippen LogP contribution in [0.15, 0.2) is 30.5 Å². The smallest absolute Gasteiger partial charge is 0.126 e. The average Bonchev–Trinajstić information content (AvgIpc) is 2.36. The van der Waals surface area contributed by atoms with Gasteiger partial charge in [-0.15, -0.1) is 0 Å². The van der Waals surface area contributed by atoms with Crippen molar-refractivity contribution in [1.29, 1.82) is 0 Å². The minimum Gasteiger partial charge on any atom is -0.496 e. The van der Waals surface area contributed by atoms with Crippen molar-refractivity contribution in [3.05, 3.63) is 36.0 Å². The van der Waals surface area contributed by atoms with E-state index in [1.807, 2.05) is 31.2 Å². The molecule has 1 N–H and O–H groups in total. The van der Waals surface area contributed by atoms with Gasteiger partial charge in [0.15, 0.2) is 0 Å². The minimum atomic E-state index is -0.534. The van der Waals surface area contributed by atoms with Crippen molar-refractivity contribution in [3.63, 3.8) is 0 Å². The van der Waals surface area contributed by atoms with Crippen molar-refractivity contribution >= 4 is 10.9 Å². The molecule has 0 radical (unpaired) electrons. The number of hydrogen-bond donors (Lipinski definition) is 1. The molecule has 0 saturated carbocycles. The van der Waals surface area contributed by atoms with Crippen LogP contribution in [0.5, 0.6) is 5.75 Å². The summed E-state index contributed by atoms with van der Waals surface area (Å²) in [6, 6.07) is 7.69. The fourth-order valence-corrected chi connectivity index (χ4v) is 1.85. The maximum atomic E-state index is 10.0. The Morgan fingerprint density at radius 1 is 1.38 bits per heavy atom. The third-order valence-corrected chi connectivity index (χ3v) is 2.71. The Morgan fingerprint density at radius 3 is 2.88 bits per heavy atom. The van der Waals surface area contributed by atoms with Crippen molar-refractivity contribution in [1.82, 2.24) is 4.98 Å². The Hall–Kier alpha value is -1.61. The second-order valence-electron chi connectivity index (χ2n) is 3.68. The summed E-state index contributed by atoms with van der Waals surface area (Å²) in [6.07, 6.45) is 1.84. The molecule has 16 heavy (non-hydrogen) atoms. The summed E-state index contributed by atoms with van der Waals surface area (Å²) in [7, 11) is 1.61. The third-order valence-electron chi connectivity index (χ3n) is 2.71. The summed E-state index contributed by atoms with van der Waals surface area (Å²) in [6.45, 7) is 1.94. The largest absolute Gasteiger partial charge is 0.496 e. The number of hydrogen-bond acceptors (Lipinski definition) is 3. The zero-order valence-corrected chi connectivity index (χ0v) is 9.47. The second kappa shape index (κ2) is 4.49. The van der Waals surface area contributed by atoms with Crippen LogP contribution in [-0.2, 0) is 0 Å². The molecule has 0 saturated heterocycles. The zero-order valence-electron chi connectivity index (χ0n) is 9.47. The van der Waals surface area contributed by atoms with E-state index in [0.717, 1.165) is 16.5 Å². The highest BCUT2D eigenvalue weighted by Gasteiger charge is 2.15. The van der Waals surface area contributed by atoms with Gasteiger partial charge in [0, 0.05) is 17.1 Å². The van der Waals surface area contributed by atoms with Gasteiger partial charge in [-0.05, 0) is 24.6 Å². The van der Waals surface area contributed by atoms with Crippen molar-refractivity contribution in [2.24, 2.45) is 0 Å². The van der Waals surface area contributed by atoms with Gasteiger partial charge >= 0.3 is 0 Å². The number of pyridine rings is 1. The van der Waals surface area contributed by atoms with Crippen molar-refractivity contribution in [2.45, 2.75) is 19.4 Å². The molecule has 1 atom stereocenters. The number of rotatable bonds is 3. The van der Waals surface area contributed by atoms with Crippen molar-refractivity contribution in [2.75, 3.05) is 7.11 Å². The summed E-state index contributed by atoms with van der Waals surface area (Å²) >= 11 is 0. The Labute approximate surface area is 94.7 Å². The van der Waals surface area contributed by atoms with Crippen molar-refractivity contribution in [3.8, 4) is 5.75 Å². The minimum absolute atomic E-state index is 0.534. The van der Waals surface area contributed by atoms with Gasteiger partial charge < -0.3 is 9.84 Å². The number of methoxy groups -OCH3 is 1. The summed E-state index contributed by atoms with van der Waals surface area (Å²) in [4.78, 5) is 4.32. The molecule has 2 rings (SSSR count). The topological polar surface area (TPSA) is 42.4 Å².